The third kappa shape index (κ3) is 9.42. The van der Waals surface area contributed by atoms with Gasteiger partial charge in [0, 0.05) is 13.1 Å². The first kappa shape index (κ1) is 14.9. The SMILES string of the molecule is CCNC(=O)CNCCOCC(=O)OCC. The minimum absolute atomic E-state index is 0.0450. The van der Waals surface area contributed by atoms with E-state index in [1.165, 1.54) is 0 Å². The number of esters is 1. The molecule has 0 rings (SSSR count). The van der Waals surface area contributed by atoms with Crippen LogP contribution in [0.5, 0.6) is 0 Å². The minimum Gasteiger partial charge on any atom is -0.464 e. The normalized spacial score (nSPS) is 9.88. The van der Waals surface area contributed by atoms with Crippen molar-refractivity contribution in [3.05, 3.63) is 0 Å². The van der Waals surface area contributed by atoms with Gasteiger partial charge in [0.15, 0.2) is 0 Å². The van der Waals surface area contributed by atoms with Gasteiger partial charge in [-0.1, -0.05) is 0 Å². The van der Waals surface area contributed by atoms with E-state index in [9.17, 15) is 9.59 Å². The van der Waals surface area contributed by atoms with Crippen LogP contribution in [0.2, 0.25) is 0 Å². The largest absolute Gasteiger partial charge is 0.464 e. The van der Waals surface area contributed by atoms with E-state index in [1.807, 2.05) is 6.92 Å². The van der Waals surface area contributed by atoms with Crippen LogP contribution in [-0.2, 0) is 19.1 Å². The molecule has 0 aliphatic heterocycles. The Morgan fingerprint density at radius 1 is 1.25 bits per heavy atom. The average Bonchev–Trinajstić information content (AvgIpc) is 2.24. The van der Waals surface area contributed by atoms with Crippen molar-refractivity contribution in [2.24, 2.45) is 0 Å². The zero-order valence-electron chi connectivity index (χ0n) is 9.88. The first-order chi connectivity index (χ1) is 7.70. The fraction of sp³-hybridized carbons (Fsp3) is 0.800. The predicted molar refractivity (Wildman–Crippen MR) is 59.0 cm³/mol. The highest BCUT2D eigenvalue weighted by molar-refractivity contribution is 5.77. The lowest BCUT2D eigenvalue weighted by Crippen LogP contribution is -2.35. The molecule has 0 unspecified atom stereocenters. The Balaban J connectivity index is 3.21. The zero-order chi connectivity index (χ0) is 12.2. The van der Waals surface area contributed by atoms with Gasteiger partial charge in [0.1, 0.15) is 6.61 Å². The molecule has 1 amide bonds. The molecule has 0 atom stereocenters. The molecule has 2 N–H and O–H groups in total. The maximum Gasteiger partial charge on any atom is 0.332 e. The molecule has 6 nitrogen and oxygen atoms in total. The molecular weight excluding hydrogens is 212 g/mol. The van der Waals surface area contributed by atoms with Gasteiger partial charge in [-0.05, 0) is 13.8 Å². The highest BCUT2D eigenvalue weighted by Gasteiger charge is 2.01. The molecular formula is C10H20N2O4. The lowest BCUT2D eigenvalue weighted by atomic mass is 10.5. The van der Waals surface area contributed by atoms with Crippen molar-refractivity contribution in [3.8, 4) is 0 Å². The molecule has 0 aliphatic rings. The maximum atomic E-state index is 11.0. The van der Waals surface area contributed by atoms with Gasteiger partial charge in [0.2, 0.25) is 5.91 Å². The number of amides is 1. The van der Waals surface area contributed by atoms with Crippen molar-refractivity contribution >= 4 is 11.9 Å². The molecule has 6 heteroatoms. The molecule has 0 aromatic rings. The minimum atomic E-state index is -0.369. The summed E-state index contributed by atoms with van der Waals surface area (Å²) in [5.41, 5.74) is 0. The Bertz CT molecular complexity index is 187. The summed E-state index contributed by atoms with van der Waals surface area (Å²) in [5.74, 6) is -0.417. The molecule has 0 heterocycles. The lowest BCUT2D eigenvalue weighted by molar-refractivity contribution is -0.148. The highest BCUT2D eigenvalue weighted by Crippen LogP contribution is 1.80. The molecule has 0 radical (unpaired) electrons. The Morgan fingerprint density at radius 3 is 2.62 bits per heavy atom. The summed E-state index contributed by atoms with van der Waals surface area (Å²) in [6, 6.07) is 0. The number of rotatable bonds is 9. The van der Waals surface area contributed by atoms with Crippen molar-refractivity contribution < 1.29 is 19.1 Å². The molecule has 16 heavy (non-hydrogen) atoms. The summed E-state index contributed by atoms with van der Waals surface area (Å²) >= 11 is 0. The van der Waals surface area contributed by atoms with Crippen LogP contribution in [-0.4, -0.2) is 51.3 Å². The highest BCUT2D eigenvalue weighted by atomic mass is 16.6. The van der Waals surface area contributed by atoms with E-state index in [0.29, 0.717) is 26.3 Å². The summed E-state index contributed by atoms with van der Waals surface area (Å²) in [6.45, 7) is 5.70. The number of ether oxygens (including phenoxy) is 2. The number of hydrogen-bond donors (Lipinski definition) is 2. The molecule has 94 valence electrons. The Labute approximate surface area is 95.7 Å². The van der Waals surface area contributed by atoms with Crippen LogP contribution in [0.15, 0.2) is 0 Å². The number of carbonyl (C=O) groups excluding carboxylic acids is 2. The molecule has 0 fully saturated rings. The first-order valence-corrected chi connectivity index (χ1v) is 5.41. The van der Waals surface area contributed by atoms with Gasteiger partial charge in [-0.15, -0.1) is 0 Å². The molecule has 0 bridgehead atoms. The van der Waals surface area contributed by atoms with E-state index in [0.717, 1.165) is 0 Å². The number of likely N-dealkylation sites (N-methyl/N-ethyl adjacent to an activating group) is 1. The second-order valence-electron chi connectivity index (χ2n) is 2.99. The van der Waals surface area contributed by atoms with Gasteiger partial charge in [-0.2, -0.15) is 0 Å². The molecule has 0 saturated carbocycles. The van der Waals surface area contributed by atoms with E-state index in [2.05, 4.69) is 15.4 Å². The van der Waals surface area contributed by atoms with Crippen LogP contribution in [0.25, 0.3) is 0 Å². The standard InChI is InChI=1S/C10H20N2O4/c1-3-12-9(13)7-11-5-6-15-8-10(14)16-4-2/h11H,3-8H2,1-2H3,(H,12,13). The van der Waals surface area contributed by atoms with E-state index in [1.54, 1.807) is 6.92 Å². The van der Waals surface area contributed by atoms with Gasteiger partial charge in [0.25, 0.3) is 0 Å². The summed E-state index contributed by atoms with van der Waals surface area (Å²) in [7, 11) is 0. The van der Waals surface area contributed by atoms with Crippen LogP contribution in [0, 0.1) is 0 Å². The summed E-state index contributed by atoms with van der Waals surface area (Å²) in [6.07, 6.45) is 0. The smallest absolute Gasteiger partial charge is 0.332 e. The van der Waals surface area contributed by atoms with Gasteiger partial charge < -0.3 is 20.1 Å². The predicted octanol–water partition coefficient (Wildman–Crippen LogP) is -0.708. The quantitative estimate of drug-likeness (QED) is 0.406. The number of hydrogen-bond acceptors (Lipinski definition) is 5. The van der Waals surface area contributed by atoms with Crippen molar-refractivity contribution in [3.63, 3.8) is 0 Å². The lowest BCUT2D eigenvalue weighted by Gasteiger charge is -2.06. The van der Waals surface area contributed by atoms with Crippen molar-refractivity contribution in [1.82, 2.24) is 10.6 Å². The Hall–Kier alpha value is -1.14. The van der Waals surface area contributed by atoms with Crippen LogP contribution in [0.3, 0.4) is 0 Å². The second-order valence-corrected chi connectivity index (χ2v) is 2.99. The molecule has 0 aromatic heterocycles. The Kier molecular flexibility index (Phi) is 9.64. The van der Waals surface area contributed by atoms with E-state index in [-0.39, 0.29) is 25.0 Å². The van der Waals surface area contributed by atoms with Crippen LogP contribution in [0.4, 0.5) is 0 Å². The van der Waals surface area contributed by atoms with Crippen LogP contribution < -0.4 is 10.6 Å². The van der Waals surface area contributed by atoms with Gasteiger partial charge in [-0.3, -0.25) is 4.79 Å². The van der Waals surface area contributed by atoms with E-state index >= 15 is 0 Å². The fourth-order valence-corrected chi connectivity index (χ4v) is 0.964. The van der Waals surface area contributed by atoms with Gasteiger partial charge in [0.05, 0.1) is 19.8 Å². The monoisotopic (exact) mass is 232 g/mol. The average molecular weight is 232 g/mol. The first-order valence-electron chi connectivity index (χ1n) is 5.41. The van der Waals surface area contributed by atoms with E-state index < -0.39 is 0 Å². The van der Waals surface area contributed by atoms with Crippen molar-refractivity contribution in [2.45, 2.75) is 13.8 Å². The zero-order valence-corrected chi connectivity index (χ0v) is 9.88. The maximum absolute atomic E-state index is 11.0. The molecule has 0 aliphatic carbocycles. The second kappa shape index (κ2) is 10.4. The molecule has 0 aromatic carbocycles. The number of nitrogens with one attached hydrogen (secondary N) is 2. The van der Waals surface area contributed by atoms with E-state index in [4.69, 9.17) is 4.74 Å². The third-order valence-electron chi connectivity index (χ3n) is 1.61. The van der Waals surface area contributed by atoms with Crippen molar-refractivity contribution in [2.75, 3.05) is 39.5 Å². The number of carbonyl (C=O) groups is 2. The summed E-state index contributed by atoms with van der Waals surface area (Å²) in [5, 5.41) is 5.54. The fourth-order valence-electron chi connectivity index (χ4n) is 0.964. The van der Waals surface area contributed by atoms with Crippen molar-refractivity contribution in [1.29, 1.82) is 0 Å². The van der Waals surface area contributed by atoms with Gasteiger partial charge >= 0.3 is 5.97 Å². The van der Waals surface area contributed by atoms with Crippen LogP contribution in [0.1, 0.15) is 13.8 Å². The van der Waals surface area contributed by atoms with Gasteiger partial charge in [-0.25, -0.2) is 4.79 Å². The van der Waals surface area contributed by atoms with Crippen LogP contribution >= 0.6 is 0 Å². The molecule has 0 spiro atoms. The summed E-state index contributed by atoms with van der Waals surface area (Å²) < 4.78 is 9.69. The summed E-state index contributed by atoms with van der Waals surface area (Å²) in [4.78, 5) is 21.8. The Morgan fingerprint density at radius 2 is 2.00 bits per heavy atom. The third-order valence-corrected chi connectivity index (χ3v) is 1.61. The topological polar surface area (TPSA) is 76.7 Å². The molecule has 0 saturated heterocycles.